The number of hydrogen-bond donors (Lipinski definition) is 1. The number of rotatable bonds is 3. The first kappa shape index (κ1) is 17.5. The molecule has 2 aliphatic heterocycles. The first-order valence-corrected chi connectivity index (χ1v) is 6.37. The lowest BCUT2D eigenvalue weighted by Gasteiger charge is -2.34. The van der Waals surface area contributed by atoms with E-state index in [4.69, 9.17) is 0 Å². The van der Waals surface area contributed by atoms with Crippen molar-refractivity contribution in [1.29, 1.82) is 0 Å². The molecular weight excluding hydrogens is 257 g/mol. The van der Waals surface area contributed by atoms with Gasteiger partial charge in [-0.3, -0.25) is 9.80 Å². The third-order valence-corrected chi connectivity index (χ3v) is 3.97. The summed E-state index contributed by atoms with van der Waals surface area (Å²) in [5, 5.41) is 3.40. The molecule has 2 saturated heterocycles. The van der Waals surface area contributed by atoms with Gasteiger partial charge in [-0.1, -0.05) is 0 Å². The molecule has 0 spiro atoms. The number of halogens is 2. The van der Waals surface area contributed by atoms with Crippen molar-refractivity contribution in [2.45, 2.75) is 32.2 Å². The molecular formula is C12H27Cl2N3. The van der Waals surface area contributed by atoms with Crippen LogP contribution in [0, 0.1) is 0 Å². The van der Waals surface area contributed by atoms with E-state index < -0.39 is 0 Å². The van der Waals surface area contributed by atoms with Crippen molar-refractivity contribution in [3.8, 4) is 0 Å². The molecule has 2 aliphatic rings. The second-order valence-corrected chi connectivity index (χ2v) is 5.49. The Morgan fingerprint density at radius 2 is 1.65 bits per heavy atom. The molecule has 2 fully saturated rings. The van der Waals surface area contributed by atoms with Crippen LogP contribution >= 0.6 is 24.8 Å². The second-order valence-electron chi connectivity index (χ2n) is 5.49. The van der Waals surface area contributed by atoms with E-state index in [2.05, 4.69) is 29.0 Å². The Kier molecular flexibility index (Phi) is 8.01. The maximum Gasteiger partial charge on any atom is 0.0154 e. The molecule has 1 N–H and O–H groups in total. The first-order valence-electron chi connectivity index (χ1n) is 6.37. The molecule has 0 unspecified atom stereocenters. The summed E-state index contributed by atoms with van der Waals surface area (Å²) >= 11 is 0. The fraction of sp³-hybridized carbons (Fsp3) is 1.00. The molecule has 2 rings (SSSR count). The minimum atomic E-state index is 0. The zero-order valence-electron chi connectivity index (χ0n) is 11.1. The quantitative estimate of drug-likeness (QED) is 0.849. The van der Waals surface area contributed by atoms with Crippen LogP contribution in [0.15, 0.2) is 0 Å². The van der Waals surface area contributed by atoms with Gasteiger partial charge in [-0.05, 0) is 33.2 Å². The first-order chi connectivity index (χ1) is 7.18. The van der Waals surface area contributed by atoms with E-state index in [0.717, 1.165) is 0 Å². The van der Waals surface area contributed by atoms with Gasteiger partial charge >= 0.3 is 0 Å². The van der Waals surface area contributed by atoms with Crippen LogP contribution in [-0.4, -0.2) is 61.2 Å². The van der Waals surface area contributed by atoms with Crippen molar-refractivity contribution in [2.75, 3.05) is 45.8 Å². The van der Waals surface area contributed by atoms with Crippen LogP contribution in [0.25, 0.3) is 0 Å². The summed E-state index contributed by atoms with van der Waals surface area (Å²) in [5.41, 5.74) is 0.452. The van der Waals surface area contributed by atoms with E-state index in [1.54, 1.807) is 0 Å². The van der Waals surface area contributed by atoms with Gasteiger partial charge in [0.25, 0.3) is 0 Å². The molecule has 0 aromatic heterocycles. The molecule has 5 heteroatoms. The summed E-state index contributed by atoms with van der Waals surface area (Å²) in [6, 6.07) is 0. The van der Waals surface area contributed by atoms with Gasteiger partial charge < -0.3 is 5.32 Å². The molecule has 0 aromatic carbocycles. The average Bonchev–Trinajstić information content (AvgIpc) is 2.56. The van der Waals surface area contributed by atoms with Gasteiger partial charge in [-0.2, -0.15) is 0 Å². The average molecular weight is 284 g/mol. The Bertz CT molecular complexity index is 206. The fourth-order valence-corrected chi connectivity index (χ4v) is 2.77. The third kappa shape index (κ3) is 4.92. The normalized spacial score (nSPS) is 25.1. The van der Waals surface area contributed by atoms with Crippen molar-refractivity contribution in [1.82, 2.24) is 15.1 Å². The van der Waals surface area contributed by atoms with Crippen LogP contribution in [0.4, 0.5) is 0 Å². The summed E-state index contributed by atoms with van der Waals surface area (Å²) in [4.78, 5) is 5.25. The molecule has 0 bridgehead atoms. The Morgan fingerprint density at radius 1 is 1.00 bits per heavy atom. The highest BCUT2D eigenvalue weighted by atomic mass is 35.5. The van der Waals surface area contributed by atoms with E-state index in [9.17, 15) is 0 Å². The maximum atomic E-state index is 3.40. The standard InChI is InChI=1S/C12H25N3.2ClH/c1-12(2)4-3-7-15(12)11-10-14-8-5-13-6-9-14;;/h13H,3-11H2,1-2H3;2*1H. The maximum absolute atomic E-state index is 3.40. The van der Waals surface area contributed by atoms with Crippen LogP contribution in [-0.2, 0) is 0 Å². The monoisotopic (exact) mass is 283 g/mol. The van der Waals surface area contributed by atoms with E-state index in [-0.39, 0.29) is 24.8 Å². The Balaban J connectivity index is 0.00000128. The molecule has 2 heterocycles. The van der Waals surface area contributed by atoms with Crippen LogP contribution in [0.5, 0.6) is 0 Å². The predicted octanol–water partition coefficient (Wildman–Crippen LogP) is 1.61. The number of nitrogens with one attached hydrogen (secondary N) is 1. The van der Waals surface area contributed by atoms with Crippen molar-refractivity contribution in [3.05, 3.63) is 0 Å². The number of hydrogen-bond acceptors (Lipinski definition) is 3. The molecule has 0 amide bonds. The van der Waals surface area contributed by atoms with Gasteiger partial charge in [-0.25, -0.2) is 0 Å². The van der Waals surface area contributed by atoms with Crippen LogP contribution < -0.4 is 5.32 Å². The Hall–Kier alpha value is 0.460. The number of piperazine rings is 1. The SMILES string of the molecule is CC1(C)CCCN1CCN1CCNCC1.Cl.Cl. The third-order valence-electron chi connectivity index (χ3n) is 3.97. The van der Waals surface area contributed by atoms with Crippen LogP contribution in [0.1, 0.15) is 26.7 Å². The van der Waals surface area contributed by atoms with E-state index in [1.165, 1.54) is 58.7 Å². The minimum absolute atomic E-state index is 0. The van der Waals surface area contributed by atoms with Gasteiger partial charge in [0.1, 0.15) is 0 Å². The van der Waals surface area contributed by atoms with Crippen molar-refractivity contribution < 1.29 is 0 Å². The zero-order valence-corrected chi connectivity index (χ0v) is 12.7. The fourth-order valence-electron chi connectivity index (χ4n) is 2.77. The lowest BCUT2D eigenvalue weighted by atomic mass is 10.0. The van der Waals surface area contributed by atoms with E-state index in [1.807, 2.05) is 0 Å². The van der Waals surface area contributed by atoms with Gasteiger partial charge in [0.2, 0.25) is 0 Å². The smallest absolute Gasteiger partial charge is 0.0154 e. The highest BCUT2D eigenvalue weighted by Gasteiger charge is 2.31. The topological polar surface area (TPSA) is 18.5 Å². The molecule has 3 nitrogen and oxygen atoms in total. The summed E-state index contributed by atoms with van der Waals surface area (Å²) in [7, 11) is 0. The van der Waals surface area contributed by atoms with Crippen LogP contribution in [0.3, 0.4) is 0 Å². The lowest BCUT2D eigenvalue weighted by molar-refractivity contribution is 0.139. The summed E-state index contributed by atoms with van der Waals surface area (Å²) < 4.78 is 0. The number of nitrogens with zero attached hydrogens (tertiary/aromatic N) is 2. The van der Waals surface area contributed by atoms with Crippen LogP contribution in [0.2, 0.25) is 0 Å². The molecule has 104 valence electrons. The largest absolute Gasteiger partial charge is 0.314 e. The molecule has 17 heavy (non-hydrogen) atoms. The molecule has 0 saturated carbocycles. The predicted molar refractivity (Wildman–Crippen MR) is 78.7 cm³/mol. The van der Waals surface area contributed by atoms with Crippen molar-refractivity contribution >= 4 is 24.8 Å². The van der Waals surface area contributed by atoms with Crippen molar-refractivity contribution in [2.24, 2.45) is 0 Å². The van der Waals surface area contributed by atoms with E-state index in [0.29, 0.717) is 5.54 Å². The van der Waals surface area contributed by atoms with Gasteiger partial charge in [0.15, 0.2) is 0 Å². The van der Waals surface area contributed by atoms with Gasteiger partial charge in [0, 0.05) is 44.8 Å². The van der Waals surface area contributed by atoms with Gasteiger partial charge in [0.05, 0.1) is 0 Å². The van der Waals surface area contributed by atoms with Gasteiger partial charge in [-0.15, -0.1) is 24.8 Å². The molecule has 0 radical (unpaired) electrons. The van der Waals surface area contributed by atoms with E-state index >= 15 is 0 Å². The molecule has 0 aromatic rings. The Morgan fingerprint density at radius 3 is 2.18 bits per heavy atom. The highest BCUT2D eigenvalue weighted by Crippen LogP contribution is 2.27. The molecule has 0 atom stereocenters. The highest BCUT2D eigenvalue weighted by molar-refractivity contribution is 5.85. The van der Waals surface area contributed by atoms with Crippen molar-refractivity contribution in [3.63, 3.8) is 0 Å². The number of likely N-dealkylation sites (tertiary alicyclic amines) is 1. The Labute approximate surface area is 118 Å². The molecule has 0 aliphatic carbocycles. The minimum Gasteiger partial charge on any atom is -0.314 e. The lowest BCUT2D eigenvalue weighted by Crippen LogP contribution is -2.48. The summed E-state index contributed by atoms with van der Waals surface area (Å²) in [6.07, 6.45) is 2.75. The second kappa shape index (κ2) is 7.80. The summed E-state index contributed by atoms with van der Waals surface area (Å²) in [5.74, 6) is 0. The zero-order chi connectivity index (χ0) is 10.7. The summed E-state index contributed by atoms with van der Waals surface area (Å²) in [6.45, 7) is 13.4.